The minimum absolute atomic E-state index is 0.0319. The first-order valence-electron chi connectivity index (χ1n) is 22.3. The lowest BCUT2D eigenvalue weighted by molar-refractivity contribution is -0.197. The molecular formula is C46H48Cl2F10N2O11. The second kappa shape index (κ2) is 21.1. The molecule has 2 saturated heterocycles. The topological polar surface area (TPSA) is 139 Å². The van der Waals surface area contributed by atoms with Crippen LogP contribution >= 0.6 is 23.2 Å². The normalized spacial score (nSPS) is 19.5. The molecule has 0 radical (unpaired) electrons. The fourth-order valence-corrected chi connectivity index (χ4v) is 9.91. The molecule has 0 unspecified atom stereocenters. The van der Waals surface area contributed by atoms with Crippen molar-refractivity contribution >= 4 is 74.4 Å². The summed E-state index contributed by atoms with van der Waals surface area (Å²) in [7, 11) is 2.04. The molecule has 13 nitrogen and oxygen atoms in total. The van der Waals surface area contributed by atoms with Crippen LogP contribution in [-0.2, 0) is 45.6 Å². The SMILES string of the molecule is COC(=O)c1oc2ccc(C(F)(F)F)cc2c1N(CC(F)(F)C1CCC2(CC1)OCCO2)C(=O)CCl.COC(=O)c1oc2ccc(C(F)(F)F)cc2c1N(CCCl)CC(F)(F)C1CCC2(CC1)OCCO2. The number of hydrogen-bond acceptors (Lipinski definition) is 12. The molecule has 4 aromatic rings. The summed E-state index contributed by atoms with van der Waals surface area (Å²) in [4.78, 5) is 39.2. The first kappa shape index (κ1) is 54.2. The summed E-state index contributed by atoms with van der Waals surface area (Å²) in [5.74, 6) is -15.8. The van der Waals surface area contributed by atoms with E-state index in [0.717, 1.165) is 43.4 Å². The molecule has 2 aliphatic carbocycles. The van der Waals surface area contributed by atoms with Crippen LogP contribution in [0, 0.1) is 11.8 Å². The molecule has 4 heterocycles. The van der Waals surface area contributed by atoms with Gasteiger partial charge in [-0.25, -0.2) is 27.2 Å². The fraction of sp³-hybridized carbons (Fsp3) is 0.587. The first-order valence-corrected chi connectivity index (χ1v) is 23.4. The fourth-order valence-electron chi connectivity index (χ4n) is 9.56. The third kappa shape index (κ3) is 11.6. The van der Waals surface area contributed by atoms with Crippen LogP contribution in [0.5, 0.6) is 0 Å². The number of carbonyl (C=O) groups excluding carboxylic acids is 3. The van der Waals surface area contributed by atoms with Crippen molar-refractivity contribution in [2.24, 2.45) is 11.8 Å². The van der Waals surface area contributed by atoms with Crippen LogP contribution in [0.2, 0.25) is 0 Å². The Balaban J connectivity index is 0.000000209. The second-order valence-electron chi connectivity index (χ2n) is 17.5. The average molecular weight is 1070 g/mol. The van der Waals surface area contributed by atoms with Gasteiger partial charge < -0.3 is 47.1 Å². The van der Waals surface area contributed by atoms with E-state index in [4.69, 9.17) is 55.7 Å². The number of furan rings is 2. The van der Waals surface area contributed by atoms with E-state index in [0.29, 0.717) is 56.3 Å². The summed E-state index contributed by atoms with van der Waals surface area (Å²) in [6.07, 6.45) is -8.00. The number of anilines is 2. The van der Waals surface area contributed by atoms with Gasteiger partial charge in [-0.05, 0) is 62.1 Å². The number of alkyl halides is 12. The molecule has 0 N–H and O–H groups in total. The predicted octanol–water partition coefficient (Wildman–Crippen LogP) is 11.2. The third-order valence-corrected chi connectivity index (χ3v) is 13.6. The van der Waals surface area contributed by atoms with Gasteiger partial charge in [0.2, 0.25) is 17.4 Å². The van der Waals surface area contributed by atoms with Gasteiger partial charge in [0.05, 0.1) is 70.6 Å². The molecular weight excluding hydrogens is 1020 g/mol. The van der Waals surface area contributed by atoms with Crippen LogP contribution in [0.3, 0.4) is 0 Å². The van der Waals surface area contributed by atoms with E-state index in [-0.39, 0.29) is 78.6 Å². The second-order valence-corrected chi connectivity index (χ2v) is 18.1. The van der Waals surface area contributed by atoms with Crippen molar-refractivity contribution in [2.45, 2.75) is 87.1 Å². The number of hydrogen-bond donors (Lipinski definition) is 0. The minimum atomic E-state index is -4.78. The lowest BCUT2D eigenvalue weighted by Crippen LogP contribution is -2.48. The van der Waals surface area contributed by atoms with E-state index < -0.39 is 113 Å². The van der Waals surface area contributed by atoms with Crippen molar-refractivity contribution in [3.8, 4) is 0 Å². The Morgan fingerprint density at radius 3 is 1.39 bits per heavy atom. The number of fused-ring (bicyclic) bond motifs is 2. The molecule has 71 heavy (non-hydrogen) atoms. The molecule has 8 rings (SSSR count). The highest BCUT2D eigenvalue weighted by atomic mass is 35.5. The number of ether oxygens (including phenoxy) is 6. The summed E-state index contributed by atoms with van der Waals surface area (Å²) < 4.78 is 185. The van der Waals surface area contributed by atoms with Crippen molar-refractivity contribution < 1.29 is 95.5 Å². The van der Waals surface area contributed by atoms with E-state index in [2.05, 4.69) is 4.74 Å². The van der Waals surface area contributed by atoms with Gasteiger partial charge >= 0.3 is 24.3 Å². The highest BCUT2D eigenvalue weighted by molar-refractivity contribution is 6.30. The van der Waals surface area contributed by atoms with Gasteiger partial charge in [-0.2, -0.15) is 26.3 Å². The van der Waals surface area contributed by atoms with E-state index in [1.54, 1.807) is 0 Å². The summed E-state index contributed by atoms with van der Waals surface area (Å²) in [5.41, 5.74) is -3.16. The summed E-state index contributed by atoms with van der Waals surface area (Å²) in [5, 5.41) is -0.480. The number of rotatable bonds is 13. The predicted molar refractivity (Wildman–Crippen MR) is 234 cm³/mol. The standard InChI is InChI=1S/C23H23ClF5NO6.C23H25ClF5NO5/c1-33-20(32)19-18(15-10-14(23(27,28)29)2-3-16(15)36-19)30(17(31)11-24)12-22(25,26)13-4-6-21(7-5-13)34-8-9-35-21;1-32-20(31)19-18(16-12-15(23(27,28)29)2-3-17(16)35-19)30(9-8-24)13-22(25,26)14-4-6-21(7-5-14)33-10-11-34-21/h2-3,10,13H,4-9,11-12H2,1H3;2-3,12,14H,4-11,13H2,1H3. The largest absolute Gasteiger partial charge is 0.463 e. The summed E-state index contributed by atoms with van der Waals surface area (Å²) >= 11 is 11.6. The zero-order valence-electron chi connectivity index (χ0n) is 38.1. The first-order chi connectivity index (χ1) is 33.4. The molecule has 0 atom stereocenters. The van der Waals surface area contributed by atoms with Gasteiger partial charge in [0.15, 0.2) is 11.6 Å². The van der Waals surface area contributed by atoms with Gasteiger partial charge in [0, 0.05) is 60.7 Å². The average Bonchev–Trinajstić information content (AvgIpc) is 4.15. The van der Waals surface area contributed by atoms with E-state index in [9.17, 15) is 40.7 Å². The zero-order chi connectivity index (χ0) is 51.7. The molecule has 0 bridgehead atoms. The zero-order valence-corrected chi connectivity index (χ0v) is 39.6. The number of carbonyl (C=O) groups is 3. The van der Waals surface area contributed by atoms with Crippen molar-refractivity contribution in [3.05, 3.63) is 59.0 Å². The van der Waals surface area contributed by atoms with Gasteiger partial charge in [-0.1, -0.05) is 0 Å². The Hall–Kier alpha value is -4.55. The maximum Gasteiger partial charge on any atom is 0.416 e. The van der Waals surface area contributed by atoms with Crippen molar-refractivity contribution in [3.63, 3.8) is 0 Å². The van der Waals surface area contributed by atoms with E-state index in [1.807, 2.05) is 0 Å². The number of nitrogens with zero attached hydrogens (tertiary/aromatic N) is 2. The molecule has 4 fully saturated rings. The van der Waals surface area contributed by atoms with Gasteiger partial charge in [0.25, 0.3) is 11.8 Å². The van der Waals surface area contributed by atoms with Crippen LogP contribution in [0.1, 0.15) is 83.6 Å². The highest BCUT2D eigenvalue weighted by Crippen LogP contribution is 2.48. The van der Waals surface area contributed by atoms with Gasteiger partial charge in [-0.3, -0.25) is 4.79 Å². The third-order valence-electron chi connectivity index (χ3n) is 13.2. The number of methoxy groups -OCH3 is 2. The smallest absolute Gasteiger partial charge is 0.416 e. The van der Waals surface area contributed by atoms with E-state index >= 15 is 17.6 Å². The monoisotopic (exact) mass is 1060 g/mol. The Labute approximate surface area is 408 Å². The quantitative estimate of drug-likeness (QED) is 0.0715. The highest BCUT2D eigenvalue weighted by Gasteiger charge is 2.51. The van der Waals surface area contributed by atoms with Crippen molar-refractivity contribution in [2.75, 3.05) is 81.8 Å². The Kier molecular flexibility index (Phi) is 16.1. The van der Waals surface area contributed by atoms with Crippen LogP contribution in [0.25, 0.3) is 21.9 Å². The molecule has 2 aromatic heterocycles. The maximum atomic E-state index is 15.6. The molecule has 392 valence electrons. The molecule has 1 amide bonds. The minimum Gasteiger partial charge on any atom is -0.463 e. The Morgan fingerprint density at radius 1 is 0.620 bits per heavy atom. The lowest BCUT2D eigenvalue weighted by Gasteiger charge is -2.40. The van der Waals surface area contributed by atoms with Crippen LogP contribution in [0.4, 0.5) is 55.3 Å². The molecule has 2 aromatic carbocycles. The van der Waals surface area contributed by atoms with Crippen LogP contribution < -0.4 is 9.80 Å². The number of benzene rings is 2. The van der Waals surface area contributed by atoms with Gasteiger partial charge in [-0.15, -0.1) is 23.2 Å². The molecule has 2 aliphatic heterocycles. The van der Waals surface area contributed by atoms with E-state index in [1.165, 1.54) is 0 Å². The van der Waals surface area contributed by atoms with Crippen LogP contribution in [0.15, 0.2) is 45.2 Å². The van der Waals surface area contributed by atoms with Gasteiger partial charge in [0.1, 0.15) is 22.7 Å². The molecule has 2 saturated carbocycles. The summed E-state index contributed by atoms with van der Waals surface area (Å²) in [6.45, 7) is -0.649. The number of amides is 1. The molecule has 4 aliphatic rings. The Bertz CT molecular complexity index is 2540. The maximum absolute atomic E-state index is 15.6. The molecule has 2 spiro atoms. The molecule has 25 heteroatoms. The Morgan fingerprint density at radius 2 is 1.01 bits per heavy atom. The van der Waals surface area contributed by atoms with Crippen LogP contribution in [-0.4, -0.2) is 113 Å². The number of esters is 2. The lowest BCUT2D eigenvalue weighted by atomic mass is 9.81. The van der Waals surface area contributed by atoms with Crippen molar-refractivity contribution in [1.29, 1.82) is 0 Å². The van der Waals surface area contributed by atoms with Crippen molar-refractivity contribution in [1.82, 2.24) is 0 Å². The summed E-state index contributed by atoms with van der Waals surface area (Å²) in [6, 6.07) is 4.91. The number of halogens is 12.